The van der Waals surface area contributed by atoms with Crippen LogP contribution in [-0.4, -0.2) is 9.67 Å². The van der Waals surface area contributed by atoms with Gasteiger partial charge in [-0.05, 0) is 24.0 Å². The quantitative estimate of drug-likeness (QED) is 0.763. The van der Waals surface area contributed by atoms with Crippen LogP contribution in [0.4, 0.5) is 0 Å². The number of aliphatic hydroxyl groups excluding tert-OH is 1. The summed E-state index contributed by atoms with van der Waals surface area (Å²) in [7, 11) is 0. The molecule has 2 heteroatoms. The molecule has 0 aliphatic heterocycles. The number of aliphatic hydroxyl groups is 1. The predicted octanol–water partition coefficient (Wildman–Crippen LogP) is 3.37. The standard InChI is InChI=1S/C13H23NO/c1-4-6-13(15)12-7-8-14(10-12)9-11(3)5-2/h7-8,10-11,13,15H,4-6,9H2,1-3H3. The van der Waals surface area contributed by atoms with E-state index >= 15 is 0 Å². The first kappa shape index (κ1) is 12.3. The van der Waals surface area contributed by atoms with Crippen LogP contribution in [0.5, 0.6) is 0 Å². The Labute approximate surface area is 92.9 Å². The van der Waals surface area contributed by atoms with Crippen molar-refractivity contribution in [1.82, 2.24) is 4.57 Å². The average Bonchev–Trinajstić information content (AvgIpc) is 2.66. The minimum atomic E-state index is -0.284. The Morgan fingerprint density at radius 2 is 2.13 bits per heavy atom. The van der Waals surface area contributed by atoms with Crippen LogP contribution < -0.4 is 0 Å². The van der Waals surface area contributed by atoms with Gasteiger partial charge in [0.1, 0.15) is 0 Å². The summed E-state index contributed by atoms with van der Waals surface area (Å²) in [6.07, 6.45) is 6.94. The van der Waals surface area contributed by atoms with Crippen molar-refractivity contribution in [2.24, 2.45) is 5.92 Å². The van der Waals surface area contributed by atoms with E-state index in [1.165, 1.54) is 6.42 Å². The average molecular weight is 209 g/mol. The van der Waals surface area contributed by atoms with Gasteiger partial charge >= 0.3 is 0 Å². The summed E-state index contributed by atoms with van der Waals surface area (Å²) >= 11 is 0. The largest absolute Gasteiger partial charge is 0.388 e. The van der Waals surface area contributed by atoms with Crippen LogP contribution in [0, 0.1) is 5.92 Å². The van der Waals surface area contributed by atoms with E-state index in [1.54, 1.807) is 0 Å². The minimum Gasteiger partial charge on any atom is -0.388 e. The van der Waals surface area contributed by atoms with Gasteiger partial charge in [0.05, 0.1) is 6.10 Å². The summed E-state index contributed by atoms with van der Waals surface area (Å²) in [5.41, 5.74) is 1.06. The second kappa shape index (κ2) is 5.96. The summed E-state index contributed by atoms with van der Waals surface area (Å²) in [6, 6.07) is 2.03. The van der Waals surface area contributed by atoms with Crippen LogP contribution in [0.1, 0.15) is 51.7 Å². The molecular formula is C13H23NO. The Morgan fingerprint density at radius 3 is 2.73 bits per heavy atom. The fraction of sp³-hybridized carbons (Fsp3) is 0.692. The zero-order valence-corrected chi connectivity index (χ0v) is 10.1. The van der Waals surface area contributed by atoms with E-state index in [0.29, 0.717) is 5.92 Å². The molecule has 1 rings (SSSR count). The summed E-state index contributed by atoms with van der Waals surface area (Å²) in [5, 5.41) is 9.81. The highest BCUT2D eigenvalue weighted by atomic mass is 16.3. The van der Waals surface area contributed by atoms with Gasteiger partial charge in [-0.15, -0.1) is 0 Å². The van der Waals surface area contributed by atoms with Gasteiger partial charge in [0.15, 0.2) is 0 Å². The fourth-order valence-corrected chi connectivity index (χ4v) is 1.70. The molecule has 1 aromatic rings. The third-order valence-corrected chi connectivity index (χ3v) is 2.94. The first-order valence-electron chi connectivity index (χ1n) is 6.01. The number of aromatic nitrogens is 1. The van der Waals surface area contributed by atoms with Crippen molar-refractivity contribution < 1.29 is 5.11 Å². The molecule has 0 bridgehead atoms. The van der Waals surface area contributed by atoms with Crippen molar-refractivity contribution in [1.29, 1.82) is 0 Å². The van der Waals surface area contributed by atoms with E-state index in [2.05, 4.69) is 37.7 Å². The van der Waals surface area contributed by atoms with Crippen molar-refractivity contribution in [2.45, 2.75) is 52.7 Å². The van der Waals surface area contributed by atoms with Crippen molar-refractivity contribution in [3.05, 3.63) is 24.0 Å². The van der Waals surface area contributed by atoms with Crippen LogP contribution in [-0.2, 0) is 6.54 Å². The molecule has 0 amide bonds. The smallest absolute Gasteiger partial charge is 0.0804 e. The van der Waals surface area contributed by atoms with E-state index in [9.17, 15) is 5.11 Å². The highest BCUT2D eigenvalue weighted by molar-refractivity contribution is 5.13. The topological polar surface area (TPSA) is 25.2 Å². The molecule has 1 heterocycles. The summed E-state index contributed by atoms with van der Waals surface area (Å²) in [6.45, 7) is 7.61. The van der Waals surface area contributed by atoms with E-state index in [-0.39, 0.29) is 6.10 Å². The van der Waals surface area contributed by atoms with Gasteiger partial charge in [-0.3, -0.25) is 0 Å². The second-order valence-corrected chi connectivity index (χ2v) is 4.46. The maximum absolute atomic E-state index is 9.81. The Balaban J connectivity index is 2.55. The Morgan fingerprint density at radius 1 is 1.40 bits per heavy atom. The molecule has 0 fully saturated rings. The second-order valence-electron chi connectivity index (χ2n) is 4.46. The van der Waals surface area contributed by atoms with Crippen LogP contribution in [0.15, 0.2) is 18.5 Å². The van der Waals surface area contributed by atoms with Crippen molar-refractivity contribution >= 4 is 0 Å². The zero-order chi connectivity index (χ0) is 11.3. The zero-order valence-electron chi connectivity index (χ0n) is 10.1. The first-order chi connectivity index (χ1) is 7.17. The Bertz CT molecular complexity index is 280. The van der Waals surface area contributed by atoms with Crippen LogP contribution in [0.25, 0.3) is 0 Å². The molecule has 15 heavy (non-hydrogen) atoms. The molecule has 0 saturated carbocycles. The highest BCUT2D eigenvalue weighted by Gasteiger charge is 2.08. The van der Waals surface area contributed by atoms with Gasteiger partial charge < -0.3 is 9.67 Å². The number of rotatable bonds is 6. The molecule has 0 aromatic carbocycles. The number of hydrogen-bond donors (Lipinski definition) is 1. The van der Waals surface area contributed by atoms with Gasteiger partial charge in [-0.25, -0.2) is 0 Å². The Kier molecular flexibility index (Phi) is 4.89. The minimum absolute atomic E-state index is 0.284. The molecule has 0 spiro atoms. The molecule has 1 N–H and O–H groups in total. The lowest BCUT2D eigenvalue weighted by Crippen LogP contribution is -2.04. The van der Waals surface area contributed by atoms with Gasteiger partial charge in [0.25, 0.3) is 0 Å². The number of hydrogen-bond acceptors (Lipinski definition) is 1. The SMILES string of the molecule is CCCC(O)c1ccn(CC(C)CC)c1. The Hall–Kier alpha value is -0.760. The molecule has 86 valence electrons. The van der Waals surface area contributed by atoms with E-state index in [1.807, 2.05) is 6.07 Å². The van der Waals surface area contributed by atoms with Gasteiger partial charge in [-0.1, -0.05) is 33.6 Å². The summed E-state index contributed by atoms with van der Waals surface area (Å²) in [5.74, 6) is 0.702. The third-order valence-electron chi connectivity index (χ3n) is 2.94. The van der Waals surface area contributed by atoms with E-state index < -0.39 is 0 Å². The van der Waals surface area contributed by atoms with Crippen molar-refractivity contribution in [3.63, 3.8) is 0 Å². The number of nitrogens with zero attached hydrogens (tertiary/aromatic N) is 1. The van der Waals surface area contributed by atoms with E-state index in [0.717, 1.165) is 24.9 Å². The fourth-order valence-electron chi connectivity index (χ4n) is 1.70. The molecule has 2 atom stereocenters. The van der Waals surface area contributed by atoms with Crippen LogP contribution in [0.2, 0.25) is 0 Å². The molecular weight excluding hydrogens is 186 g/mol. The lowest BCUT2D eigenvalue weighted by Gasteiger charge is -2.10. The molecule has 0 saturated heterocycles. The molecule has 0 radical (unpaired) electrons. The first-order valence-corrected chi connectivity index (χ1v) is 6.01. The molecule has 0 aliphatic carbocycles. The van der Waals surface area contributed by atoms with E-state index in [4.69, 9.17) is 0 Å². The monoisotopic (exact) mass is 209 g/mol. The lowest BCUT2D eigenvalue weighted by molar-refractivity contribution is 0.166. The predicted molar refractivity (Wildman–Crippen MR) is 63.8 cm³/mol. The van der Waals surface area contributed by atoms with Gasteiger partial charge in [0.2, 0.25) is 0 Å². The van der Waals surface area contributed by atoms with Gasteiger partial charge in [0, 0.05) is 18.9 Å². The van der Waals surface area contributed by atoms with Crippen molar-refractivity contribution in [2.75, 3.05) is 0 Å². The molecule has 1 aromatic heterocycles. The third kappa shape index (κ3) is 3.71. The van der Waals surface area contributed by atoms with Crippen LogP contribution in [0.3, 0.4) is 0 Å². The van der Waals surface area contributed by atoms with Gasteiger partial charge in [-0.2, -0.15) is 0 Å². The molecule has 2 nitrogen and oxygen atoms in total. The lowest BCUT2D eigenvalue weighted by atomic mass is 10.1. The maximum atomic E-state index is 9.81. The summed E-state index contributed by atoms with van der Waals surface area (Å²) in [4.78, 5) is 0. The van der Waals surface area contributed by atoms with Crippen molar-refractivity contribution in [3.8, 4) is 0 Å². The molecule has 2 unspecified atom stereocenters. The normalized spacial score (nSPS) is 15.2. The van der Waals surface area contributed by atoms with Crippen LogP contribution >= 0.6 is 0 Å². The maximum Gasteiger partial charge on any atom is 0.0804 e. The molecule has 0 aliphatic rings. The highest BCUT2D eigenvalue weighted by Crippen LogP contribution is 2.19. The summed E-state index contributed by atoms with van der Waals surface area (Å²) < 4.78 is 2.18.